The van der Waals surface area contributed by atoms with Gasteiger partial charge in [0.1, 0.15) is 6.61 Å². The number of ether oxygens (including phenoxy) is 1. The van der Waals surface area contributed by atoms with Crippen molar-refractivity contribution in [1.82, 2.24) is 4.90 Å². The Morgan fingerprint density at radius 3 is 2.60 bits per heavy atom. The molecule has 0 radical (unpaired) electrons. The Morgan fingerprint density at radius 1 is 1.35 bits per heavy atom. The summed E-state index contributed by atoms with van der Waals surface area (Å²) >= 11 is 0. The smallest absolute Gasteiger partial charge is 0.410 e. The van der Waals surface area contributed by atoms with Crippen molar-refractivity contribution < 1.29 is 9.53 Å². The maximum Gasteiger partial charge on any atom is 0.410 e. The van der Waals surface area contributed by atoms with Gasteiger partial charge < -0.3 is 9.64 Å². The Bertz CT molecular complexity index is 469. The second-order valence-corrected chi connectivity index (χ2v) is 5.57. The molecule has 1 amide bonds. The Balaban J connectivity index is 1.89. The average Bonchev–Trinajstić information content (AvgIpc) is 2.90. The van der Waals surface area contributed by atoms with E-state index in [4.69, 9.17) is 4.74 Å². The van der Waals surface area contributed by atoms with Crippen molar-refractivity contribution >= 4 is 6.09 Å². The molecule has 0 bridgehead atoms. The van der Waals surface area contributed by atoms with Gasteiger partial charge in [-0.2, -0.15) is 0 Å². The molecule has 1 fully saturated rings. The summed E-state index contributed by atoms with van der Waals surface area (Å²) < 4.78 is 5.39. The van der Waals surface area contributed by atoms with Gasteiger partial charge in [-0.3, -0.25) is 0 Å². The zero-order valence-electron chi connectivity index (χ0n) is 12.3. The first-order valence-corrected chi connectivity index (χ1v) is 7.22. The molecule has 1 aliphatic heterocycles. The number of hydrogen-bond acceptors (Lipinski definition) is 2. The quantitative estimate of drug-likeness (QED) is 0.780. The third kappa shape index (κ3) is 3.41. The van der Waals surface area contributed by atoms with Crippen molar-refractivity contribution in [2.75, 3.05) is 13.1 Å². The molecule has 0 spiro atoms. The zero-order valence-corrected chi connectivity index (χ0v) is 12.3. The summed E-state index contributed by atoms with van der Waals surface area (Å²) in [6.45, 7) is 10.1. The topological polar surface area (TPSA) is 29.5 Å². The molecule has 1 aliphatic rings. The summed E-state index contributed by atoms with van der Waals surface area (Å²) in [7, 11) is 0. The number of carbonyl (C=O) groups excluding carboxylic acids is 1. The van der Waals surface area contributed by atoms with Gasteiger partial charge in [0.05, 0.1) is 0 Å². The highest BCUT2D eigenvalue weighted by atomic mass is 16.6. The predicted molar refractivity (Wildman–Crippen MR) is 80.3 cm³/mol. The summed E-state index contributed by atoms with van der Waals surface area (Å²) in [5, 5.41) is 0. The average molecular weight is 273 g/mol. The van der Waals surface area contributed by atoms with Gasteiger partial charge in [-0.05, 0) is 18.4 Å². The SMILES string of the molecule is C=C(C)[C@H]1CN(C(=O)OCc2ccccc2)C[C@H]1CC. The summed E-state index contributed by atoms with van der Waals surface area (Å²) in [4.78, 5) is 13.9. The minimum absolute atomic E-state index is 0.212. The lowest BCUT2D eigenvalue weighted by molar-refractivity contribution is 0.102. The van der Waals surface area contributed by atoms with Crippen LogP contribution in [0, 0.1) is 11.8 Å². The lowest BCUT2D eigenvalue weighted by Crippen LogP contribution is -2.29. The van der Waals surface area contributed by atoms with Crippen molar-refractivity contribution in [3.05, 3.63) is 48.0 Å². The van der Waals surface area contributed by atoms with Gasteiger partial charge in [0.2, 0.25) is 0 Å². The van der Waals surface area contributed by atoms with E-state index in [0.717, 1.165) is 30.6 Å². The molecule has 2 atom stereocenters. The Hall–Kier alpha value is -1.77. The summed E-state index contributed by atoms with van der Waals surface area (Å²) in [6, 6.07) is 9.77. The fraction of sp³-hybridized carbons (Fsp3) is 0.471. The Kier molecular flexibility index (Phi) is 4.83. The van der Waals surface area contributed by atoms with Crippen LogP contribution in [0.15, 0.2) is 42.5 Å². The van der Waals surface area contributed by atoms with E-state index in [1.54, 1.807) is 0 Å². The fourth-order valence-electron chi connectivity index (χ4n) is 2.80. The minimum atomic E-state index is -0.212. The van der Waals surface area contributed by atoms with Gasteiger partial charge in [-0.25, -0.2) is 4.79 Å². The molecule has 3 nitrogen and oxygen atoms in total. The molecule has 108 valence electrons. The van der Waals surface area contributed by atoms with Crippen LogP contribution in [0.4, 0.5) is 4.79 Å². The fourth-order valence-corrected chi connectivity index (χ4v) is 2.80. The number of amides is 1. The lowest BCUT2D eigenvalue weighted by atomic mass is 9.89. The van der Waals surface area contributed by atoms with Gasteiger partial charge in [0.25, 0.3) is 0 Å². The highest BCUT2D eigenvalue weighted by Gasteiger charge is 2.35. The third-order valence-electron chi connectivity index (χ3n) is 4.06. The molecule has 1 saturated heterocycles. The van der Waals surface area contributed by atoms with Gasteiger partial charge in [0.15, 0.2) is 0 Å². The highest BCUT2D eigenvalue weighted by Crippen LogP contribution is 2.31. The zero-order chi connectivity index (χ0) is 14.5. The summed E-state index contributed by atoms with van der Waals surface area (Å²) in [5.74, 6) is 0.918. The van der Waals surface area contributed by atoms with Crippen molar-refractivity contribution in [3.8, 4) is 0 Å². The van der Waals surface area contributed by atoms with E-state index in [1.165, 1.54) is 0 Å². The van der Waals surface area contributed by atoms with Crippen LogP contribution >= 0.6 is 0 Å². The van der Waals surface area contributed by atoms with E-state index >= 15 is 0 Å². The van der Waals surface area contributed by atoms with E-state index in [1.807, 2.05) is 42.2 Å². The first-order chi connectivity index (χ1) is 9.61. The molecule has 1 heterocycles. The molecule has 20 heavy (non-hydrogen) atoms. The van der Waals surface area contributed by atoms with Crippen molar-refractivity contribution in [1.29, 1.82) is 0 Å². The van der Waals surface area contributed by atoms with Crippen molar-refractivity contribution in [2.45, 2.75) is 26.9 Å². The number of rotatable bonds is 4. The first-order valence-electron chi connectivity index (χ1n) is 7.22. The van der Waals surface area contributed by atoms with Crippen molar-refractivity contribution in [2.24, 2.45) is 11.8 Å². The van der Waals surface area contributed by atoms with E-state index in [-0.39, 0.29) is 6.09 Å². The lowest BCUT2D eigenvalue weighted by Gasteiger charge is -2.16. The largest absolute Gasteiger partial charge is 0.445 e. The predicted octanol–water partition coefficient (Wildman–Crippen LogP) is 3.86. The van der Waals surface area contributed by atoms with Gasteiger partial charge in [-0.1, -0.05) is 55.8 Å². The van der Waals surface area contributed by atoms with Crippen LogP contribution in [-0.4, -0.2) is 24.1 Å². The molecule has 2 rings (SSSR count). The normalized spacial score (nSPS) is 21.8. The second-order valence-electron chi connectivity index (χ2n) is 5.57. The molecule has 0 aromatic heterocycles. The van der Waals surface area contributed by atoms with Crippen LogP contribution in [0.3, 0.4) is 0 Å². The maximum atomic E-state index is 12.1. The Morgan fingerprint density at radius 2 is 2.05 bits per heavy atom. The molecular weight excluding hydrogens is 250 g/mol. The minimum Gasteiger partial charge on any atom is -0.445 e. The number of carbonyl (C=O) groups is 1. The number of likely N-dealkylation sites (tertiary alicyclic amines) is 1. The van der Waals surface area contributed by atoms with E-state index < -0.39 is 0 Å². The number of benzene rings is 1. The third-order valence-corrected chi connectivity index (χ3v) is 4.06. The van der Waals surface area contributed by atoms with Crippen LogP contribution < -0.4 is 0 Å². The van der Waals surface area contributed by atoms with Crippen LogP contribution in [0.1, 0.15) is 25.8 Å². The van der Waals surface area contributed by atoms with Crippen LogP contribution in [0.5, 0.6) is 0 Å². The van der Waals surface area contributed by atoms with Crippen LogP contribution in [0.25, 0.3) is 0 Å². The second kappa shape index (κ2) is 6.60. The van der Waals surface area contributed by atoms with E-state index in [2.05, 4.69) is 13.5 Å². The molecule has 0 N–H and O–H groups in total. The van der Waals surface area contributed by atoms with E-state index in [0.29, 0.717) is 18.4 Å². The van der Waals surface area contributed by atoms with Crippen LogP contribution in [0.2, 0.25) is 0 Å². The highest BCUT2D eigenvalue weighted by molar-refractivity contribution is 5.68. The molecule has 0 aliphatic carbocycles. The summed E-state index contributed by atoms with van der Waals surface area (Å²) in [6.07, 6.45) is 0.857. The monoisotopic (exact) mass is 273 g/mol. The summed E-state index contributed by atoms with van der Waals surface area (Å²) in [5.41, 5.74) is 2.18. The molecule has 3 heteroatoms. The molecular formula is C17H23NO2. The standard InChI is InChI=1S/C17H23NO2/c1-4-15-10-18(11-16(15)13(2)3)17(19)20-12-14-8-6-5-7-9-14/h5-9,15-16H,2,4,10-12H2,1,3H3/t15-,16-/m1/s1. The first kappa shape index (κ1) is 14.6. The van der Waals surface area contributed by atoms with Gasteiger partial charge in [0, 0.05) is 19.0 Å². The Labute approximate surface area is 121 Å². The number of nitrogens with zero attached hydrogens (tertiary/aromatic N) is 1. The van der Waals surface area contributed by atoms with Gasteiger partial charge >= 0.3 is 6.09 Å². The molecule has 1 aromatic carbocycles. The van der Waals surface area contributed by atoms with E-state index in [9.17, 15) is 4.79 Å². The molecule has 1 aromatic rings. The number of hydrogen-bond donors (Lipinski definition) is 0. The molecule has 0 saturated carbocycles. The maximum absolute atomic E-state index is 12.1. The molecule has 0 unspecified atom stereocenters. The van der Waals surface area contributed by atoms with Crippen LogP contribution in [-0.2, 0) is 11.3 Å². The van der Waals surface area contributed by atoms with Gasteiger partial charge in [-0.15, -0.1) is 0 Å². The van der Waals surface area contributed by atoms with Crippen molar-refractivity contribution in [3.63, 3.8) is 0 Å².